The van der Waals surface area contributed by atoms with Crippen LogP contribution < -0.4 is 10.6 Å². The first kappa shape index (κ1) is 35.4. The van der Waals surface area contributed by atoms with Gasteiger partial charge in [0.15, 0.2) is 11.4 Å². The fraction of sp³-hybridized carbons (Fsp3) is 0.629. The van der Waals surface area contributed by atoms with E-state index in [0.29, 0.717) is 17.7 Å². The first-order valence-corrected chi connectivity index (χ1v) is 16.6. The summed E-state index contributed by atoms with van der Waals surface area (Å²) in [5.41, 5.74) is 4.05. The van der Waals surface area contributed by atoms with Gasteiger partial charge < -0.3 is 31.1 Å². The summed E-state index contributed by atoms with van der Waals surface area (Å²) in [6.45, 7) is 6.54. The molecule has 1 amide bonds. The van der Waals surface area contributed by atoms with Crippen molar-refractivity contribution in [2.24, 2.45) is 17.6 Å². The number of ketones is 2. The number of phenols is 1. The average Bonchev–Trinajstić information content (AvgIpc) is 2.97. The highest BCUT2D eigenvalue weighted by Gasteiger charge is 2.64. The first-order valence-electron chi connectivity index (χ1n) is 16.6. The molecule has 1 fully saturated rings. The minimum Gasteiger partial charge on any atom is -0.508 e. The van der Waals surface area contributed by atoms with Crippen molar-refractivity contribution in [1.82, 2.24) is 9.80 Å². The predicted octanol–water partition coefficient (Wildman–Crippen LogP) is 3.60. The van der Waals surface area contributed by atoms with Crippen LogP contribution in [0.2, 0.25) is 0 Å². The van der Waals surface area contributed by atoms with E-state index in [1.807, 2.05) is 25.1 Å². The molecule has 4 unspecified atom stereocenters. The molecule has 4 atom stereocenters. The summed E-state index contributed by atoms with van der Waals surface area (Å²) in [6.07, 6.45) is 8.01. The molecule has 3 aliphatic rings. The molecule has 4 rings (SSSR count). The van der Waals surface area contributed by atoms with Crippen molar-refractivity contribution in [3.8, 4) is 5.75 Å². The van der Waals surface area contributed by atoms with E-state index in [4.69, 9.17) is 5.73 Å². The van der Waals surface area contributed by atoms with E-state index >= 15 is 0 Å². The monoisotopic (exact) mass is 640 g/mol. The molecule has 3 aliphatic carbocycles. The number of nitrogens with zero attached hydrogens (tertiary/aromatic N) is 3. The van der Waals surface area contributed by atoms with Crippen molar-refractivity contribution >= 4 is 28.9 Å². The van der Waals surface area contributed by atoms with Crippen molar-refractivity contribution in [2.45, 2.75) is 89.8 Å². The molecule has 0 saturated heterocycles. The van der Waals surface area contributed by atoms with E-state index in [0.717, 1.165) is 63.7 Å². The number of carbonyl (C=O) groups is 3. The van der Waals surface area contributed by atoms with Gasteiger partial charge in [-0.3, -0.25) is 24.2 Å². The van der Waals surface area contributed by atoms with Gasteiger partial charge in [-0.15, -0.1) is 0 Å². The molecule has 0 aliphatic heterocycles. The molecule has 46 heavy (non-hydrogen) atoms. The van der Waals surface area contributed by atoms with Crippen LogP contribution in [0.3, 0.4) is 0 Å². The summed E-state index contributed by atoms with van der Waals surface area (Å²) in [7, 11) is 6.95. The second-order valence-corrected chi connectivity index (χ2v) is 13.7. The number of carbonyl (C=O) groups excluding carboxylic acids is 3. The van der Waals surface area contributed by atoms with Crippen molar-refractivity contribution in [3.05, 3.63) is 39.7 Å². The third kappa shape index (κ3) is 6.16. The summed E-state index contributed by atoms with van der Waals surface area (Å²) < 4.78 is 0. The van der Waals surface area contributed by atoms with Crippen LogP contribution in [0.15, 0.2) is 23.0 Å². The number of rotatable bonds is 14. The maximum absolute atomic E-state index is 14.3. The molecule has 11 heteroatoms. The number of nitrogens with two attached hydrogens (primary N) is 1. The average molecular weight is 641 g/mol. The summed E-state index contributed by atoms with van der Waals surface area (Å²) in [6, 6.07) is 0.838. The van der Waals surface area contributed by atoms with E-state index in [1.165, 1.54) is 4.90 Å². The lowest BCUT2D eigenvalue weighted by molar-refractivity contribution is -0.153. The van der Waals surface area contributed by atoms with E-state index in [-0.39, 0.29) is 29.7 Å². The molecule has 0 spiro atoms. The molecule has 0 aromatic heterocycles. The van der Waals surface area contributed by atoms with Crippen molar-refractivity contribution < 1.29 is 34.8 Å². The molecule has 1 aromatic rings. The van der Waals surface area contributed by atoms with E-state index in [9.17, 15) is 34.8 Å². The third-order valence-electron chi connectivity index (χ3n) is 10.1. The van der Waals surface area contributed by atoms with E-state index in [1.54, 1.807) is 14.1 Å². The highest BCUT2D eigenvalue weighted by molar-refractivity contribution is 6.24. The van der Waals surface area contributed by atoms with Crippen LogP contribution in [0.4, 0.5) is 5.69 Å². The van der Waals surface area contributed by atoms with Crippen LogP contribution in [-0.2, 0) is 27.3 Å². The maximum atomic E-state index is 14.3. The fourth-order valence-corrected chi connectivity index (χ4v) is 7.72. The number of unbranched alkanes of at least 4 members (excludes halogenated alkanes) is 5. The predicted molar refractivity (Wildman–Crippen MR) is 178 cm³/mol. The highest BCUT2D eigenvalue weighted by Crippen LogP contribution is 2.54. The number of Topliss-reactive ketones (excluding diaryl/α,β-unsaturated/α-hetero) is 2. The summed E-state index contributed by atoms with van der Waals surface area (Å²) in [5.74, 6) is -6.40. The van der Waals surface area contributed by atoms with E-state index < -0.39 is 58.0 Å². The molecule has 0 bridgehead atoms. The number of amides is 1. The van der Waals surface area contributed by atoms with Gasteiger partial charge in [0, 0.05) is 43.4 Å². The molecule has 254 valence electrons. The van der Waals surface area contributed by atoms with Gasteiger partial charge in [0.25, 0.3) is 5.91 Å². The minimum atomic E-state index is -2.66. The van der Waals surface area contributed by atoms with Gasteiger partial charge in [-0.05, 0) is 70.4 Å². The second-order valence-electron chi connectivity index (χ2n) is 13.7. The van der Waals surface area contributed by atoms with Crippen LogP contribution in [0.25, 0.3) is 5.76 Å². The summed E-state index contributed by atoms with van der Waals surface area (Å²) >= 11 is 0. The Morgan fingerprint density at radius 1 is 0.978 bits per heavy atom. The van der Waals surface area contributed by atoms with Gasteiger partial charge in [0.1, 0.15) is 22.8 Å². The Morgan fingerprint density at radius 3 is 2.15 bits per heavy atom. The maximum Gasteiger partial charge on any atom is 0.255 e. The quantitative estimate of drug-likeness (QED) is 0.150. The molecule has 0 heterocycles. The van der Waals surface area contributed by atoms with Gasteiger partial charge in [-0.2, -0.15) is 0 Å². The Hall–Kier alpha value is -3.41. The lowest BCUT2D eigenvalue weighted by Crippen LogP contribution is -2.65. The van der Waals surface area contributed by atoms with Crippen LogP contribution in [0, 0.1) is 11.8 Å². The number of anilines is 1. The number of hydrogen-bond acceptors (Lipinski definition) is 10. The molecule has 11 nitrogen and oxygen atoms in total. The normalized spacial score (nSPS) is 24.4. The minimum absolute atomic E-state index is 0.0596. The Morgan fingerprint density at radius 2 is 1.59 bits per heavy atom. The molecular weight excluding hydrogens is 588 g/mol. The largest absolute Gasteiger partial charge is 0.508 e. The Balaban J connectivity index is 1.84. The smallest absolute Gasteiger partial charge is 0.255 e. The van der Waals surface area contributed by atoms with Gasteiger partial charge in [-0.1, -0.05) is 46.0 Å². The Bertz CT molecular complexity index is 1430. The van der Waals surface area contributed by atoms with Gasteiger partial charge in [0.2, 0.25) is 5.78 Å². The lowest BCUT2D eigenvalue weighted by atomic mass is 9.57. The molecule has 0 radical (unpaired) electrons. The van der Waals surface area contributed by atoms with Gasteiger partial charge in [-0.25, -0.2) is 0 Å². The highest BCUT2D eigenvalue weighted by atomic mass is 16.3. The number of phenolic OH excluding ortho intramolecular Hbond substituents is 1. The number of aromatic hydroxyl groups is 1. The van der Waals surface area contributed by atoms with Crippen LogP contribution in [0.5, 0.6) is 5.75 Å². The Kier molecular flexibility index (Phi) is 10.9. The topological polar surface area (TPSA) is 168 Å². The van der Waals surface area contributed by atoms with Crippen molar-refractivity contribution in [3.63, 3.8) is 0 Å². The molecule has 1 saturated carbocycles. The Labute approximate surface area is 272 Å². The zero-order valence-corrected chi connectivity index (χ0v) is 28.2. The molecule has 1 aromatic carbocycles. The van der Waals surface area contributed by atoms with Crippen LogP contribution >= 0.6 is 0 Å². The van der Waals surface area contributed by atoms with Crippen molar-refractivity contribution in [1.29, 1.82) is 0 Å². The van der Waals surface area contributed by atoms with Crippen LogP contribution in [-0.4, -0.2) is 101 Å². The number of fused-ring (bicyclic) bond motifs is 3. The van der Waals surface area contributed by atoms with E-state index in [2.05, 4.69) is 18.7 Å². The summed E-state index contributed by atoms with van der Waals surface area (Å²) in [5, 5.41) is 46.6. The zero-order chi connectivity index (χ0) is 34.1. The summed E-state index contributed by atoms with van der Waals surface area (Å²) in [4.78, 5) is 45.6. The number of aliphatic hydroxyl groups excluding tert-OH is 2. The number of primary amides is 1. The number of benzene rings is 1. The number of likely N-dealkylation sites (N-methyl/N-ethyl adjacent to an activating group) is 1. The standard InChI is InChI=1S/C35H52N4O7/c1-7-9-11-13-15-39(14-12-10-8-2)19-21-18-24(37(3)4)22-16-20-17-23-28(38(5)6)31(42)27(34(36)45)33(44)35(23,46)32(43)25(20)30(41)26(22)29(21)40/h18,20,23,28,40-41,44,46H,7-17,19H2,1-6H3,(H2,36,45). The zero-order valence-electron chi connectivity index (χ0n) is 28.2. The number of aliphatic hydroxyl groups is 3. The lowest BCUT2D eigenvalue weighted by Gasteiger charge is -2.50. The SMILES string of the molecule is CCCCCCN(CCCCC)Cc1cc(N(C)C)c2c(c1O)C(O)=C1C(=O)C3(O)C(O)=C(C(N)=O)C(=O)C(N(C)C)C3CC1C2. The number of hydrogen-bond donors (Lipinski definition) is 5. The van der Waals surface area contributed by atoms with Gasteiger partial charge in [0.05, 0.1) is 11.6 Å². The van der Waals surface area contributed by atoms with Gasteiger partial charge >= 0.3 is 0 Å². The van der Waals surface area contributed by atoms with Crippen molar-refractivity contribution in [2.75, 3.05) is 46.2 Å². The first-order chi connectivity index (χ1) is 21.7. The fourth-order valence-electron chi connectivity index (χ4n) is 7.72. The van der Waals surface area contributed by atoms with Crippen LogP contribution in [0.1, 0.15) is 81.9 Å². The second kappa shape index (κ2) is 14.1. The third-order valence-corrected chi connectivity index (χ3v) is 10.1. The molecular formula is C35H52N4O7. The molecule has 6 N–H and O–H groups in total.